The predicted molar refractivity (Wildman–Crippen MR) is 115 cm³/mol. The van der Waals surface area contributed by atoms with E-state index in [4.69, 9.17) is 11.6 Å². The largest absolute Gasteiger partial charge is 0.280 e. The van der Waals surface area contributed by atoms with Gasteiger partial charge in [0, 0.05) is 27.2 Å². The molecule has 0 unspecified atom stereocenters. The van der Waals surface area contributed by atoms with Gasteiger partial charge in [-0.05, 0) is 36.4 Å². The quantitative estimate of drug-likeness (QED) is 0.430. The molecule has 1 N–H and O–H groups in total. The van der Waals surface area contributed by atoms with Crippen LogP contribution in [-0.4, -0.2) is 13.4 Å². The molecule has 0 aliphatic heterocycles. The van der Waals surface area contributed by atoms with Gasteiger partial charge in [-0.1, -0.05) is 54.1 Å². The van der Waals surface area contributed by atoms with E-state index in [9.17, 15) is 8.42 Å². The van der Waals surface area contributed by atoms with Crippen molar-refractivity contribution in [1.82, 2.24) is 4.98 Å². The van der Waals surface area contributed by atoms with E-state index in [1.54, 1.807) is 35.6 Å². The average Bonchev–Trinajstić information content (AvgIpc) is 3.19. The van der Waals surface area contributed by atoms with Crippen molar-refractivity contribution >= 4 is 38.6 Å². The van der Waals surface area contributed by atoms with E-state index in [0.29, 0.717) is 10.7 Å². The van der Waals surface area contributed by atoms with Gasteiger partial charge < -0.3 is 0 Å². The Kier molecular flexibility index (Phi) is 5.17. The molecule has 4 rings (SSSR count). The molecule has 0 saturated heterocycles. The van der Waals surface area contributed by atoms with E-state index < -0.39 is 10.0 Å². The van der Waals surface area contributed by atoms with Crippen molar-refractivity contribution in [3.05, 3.63) is 89.3 Å². The lowest BCUT2D eigenvalue weighted by Crippen LogP contribution is -2.12. The molecular weight excluding hydrogens is 412 g/mol. The topological polar surface area (TPSA) is 59.1 Å². The maximum absolute atomic E-state index is 12.5. The van der Waals surface area contributed by atoms with Gasteiger partial charge in [0.05, 0.1) is 10.6 Å². The molecule has 1 heterocycles. The lowest BCUT2D eigenvalue weighted by molar-refractivity contribution is 0.601. The SMILES string of the molecule is O=S(=O)(Nc1ccc(-c2csc(-c3ccccc3)n2)cc1)c1ccc(Cl)cc1. The number of hydrogen-bond donors (Lipinski definition) is 1. The molecule has 0 amide bonds. The Bertz CT molecular complexity index is 1190. The third kappa shape index (κ3) is 4.09. The summed E-state index contributed by atoms with van der Waals surface area (Å²) in [5.74, 6) is 0. The van der Waals surface area contributed by atoms with Crippen LogP contribution in [0.3, 0.4) is 0 Å². The predicted octanol–water partition coefficient (Wildman–Crippen LogP) is 5.93. The number of benzene rings is 3. The van der Waals surface area contributed by atoms with Gasteiger partial charge >= 0.3 is 0 Å². The maximum Gasteiger partial charge on any atom is 0.261 e. The second kappa shape index (κ2) is 7.75. The van der Waals surface area contributed by atoms with E-state index >= 15 is 0 Å². The molecule has 0 aliphatic rings. The summed E-state index contributed by atoms with van der Waals surface area (Å²) in [6.45, 7) is 0. The highest BCUT2D eigenvalue weighted by molar-refractivity contribution is 7.92. The van der Waals surface area contributed by atoms with Crippen molar-refractivity contribution in [2.24, 2.45) is 0 Å². The Balaban J connectivity index is 1.53. The first-order valence-electron chi connectivity index (χ1n) is 8.41. The minimum Gasteiger partial charge on any atom is -0.280 e. The first kappa shape index (κ1) is 18.7. The van der Waals surface area contributed by atoms with Crippen molar-refractivity contribution in [3.8, 4) is 21.8 Å². The Morgan fingerprint density at radius 3 is 2.18 bits per heavy atom. The molecule has 0 radical (unpaired) electrons. The van der Waals surface area contributed by atoms with Crippen LogP contribution in [-0.2, 0) is 10.0 Å². The number of nitrogens with one attached hydrogen (secondary N) is 1. The van der Waals surface area contributed by atoms with Crippen molar-refractivity contribution in [2.45, 2.75) is 4.90 Å². The second-order valence-electron chi connectivity index (χ2n) is 6.04. The smallest absolute Gasteiger partial charge is 0.261 e. The molecule has 28 heavy (non-hydrogen) atoms. The summed E-state index contributed by atoms with van der Waals surface area (Å²) in [6, 6.07) is 23.2. The van der Waals surface area contributed by atoms with Crippen LogP contribution < -0.4 is 4.72 Å². The van der Waals surface area contributed by atoms with Crippen molar-refractivity contribution < 1.29 is 8.42 Å². The van der Waals surface area contributed by atoms with Gasteiger partial charge in [0.15, 0.2) is 0 Å². The fourth-order valence-electron chi connectivity index (χ4n) is 2.66. The van der Waals surface area contributed by atoms with Crippen LogP contribution in [0.15, 0.2) is 89.1 Å². The van der Waals surface area contributed by atoms with Gasteiger partial charge in [-0.2, -0.15) is 0 Å². The summed E-state index contributed by atoms with van der Waals surface area (Å²) in [5, 5.41) is 3.43. The molecule has 140 valence electrons. The van der Waals surface area contributed by atoms with E-state index in [1.807, 2.05) is 47.8 Å². The van der Waals surface area contributed by atoms with E-state index in [2.05, 4.69) is 9.71 Å². The summed E-state index contributed by atoms with van der Waals surface area (Å²) >= 11 is 7.39. The first-order chi connectivity index (χ1) is 13.5. The van der Waals surface area contributed by atoms with Gasteiger partial charge in [-0.15, -0.1) is 11.3 Å². The number of sulfonamides is 1. The number of nitrogens with zero attached hydrogens (tertiary/aromatic N) is 1. The van der Waals surface area contributed by atoms with Crippen LogP contribution in [0, 0.1) is 0 Å². The standard InChI is InChI=1S/C21H15ClN2O2S2/c22-17-8-12-19(13-9-17)28(25,26)24-18-10-6-15(7-11-18)20-14-27-21(23-20)16-4-2-1-3-5-16/h1-14,24H. The van der Waals surface area contributed by atoms with Gasteiger partial charge in [0.25, 0.3) is 10.0 Å². The Morgan fingerprint density at radius 2 is 1.50 bits per heavy atom. The Hall–Kier alpha value is -2.67. The third-order valence-electron chi connectivity index (χ3n) is 4.08. The maximum atomic E-state index is 12.5. The zero-order valence-corrected chi connectivity index (χ0v) is 16.9. The molecule has 4 nitrogen and oxygen atoms in total. The molecule has 0 saturated carbocycles. The molecule has 0 aliphatic carbocycles. The zero-order valence-electron chi connectivity index (χ0n) is 14.5. The zero-order chi connectivity index (χ0) is 19.6. The fraction of sp³-hybridized carbons (Fsp3) is 0. The van der Waals surface area contributed by atoms with Gasteiger partial charge in [0.1, 0.15) is 5.01 Å². The average molecular weight is 427 g/mol. The third-order valence-corrected chi connectivity index (χ3v) is 6.62. The van der Waals surface area contributed by atoms with E-state index in [0.717, 1.165) is 21.8 Å². The highest BCUT2D eigenvalue weighted by Crippen LogP contribution is 2.29. The van der Waals surface area contributed by atoms with E-state index in [1.165, 1.54) is 12.1 Å². The monoisotopic (exact) mass is 426 g/mol. The van der Waals surface area contributed by atoms with E-state index in [-0.39, 0.29) is 4.90 Å². The Morgan fingerprint density at radius 1 is 0.821 bits per heavy atom. The number of anilines is 1. The highest BCUT2D eigenvalue weighted by Gasteiger charge is 2.14. The van der Waals surface area contributed by atoms with Crippen molar-refractivity contribution in [3.63, 3.8) is 0 Å². The second-order valence-corrected chi connectivity index (χ2v) is 9.02. The number of hydrogen-bond acceptors (Lipinski definition) is 4. The molecule has 0 fully saturated rings. The number of rotatable bonds is 5. The highest BCUT2D eigenvalue weighted by atomic mass is 35.5. The molecule has 7 heteroatoms. The van der Waals surface area contributed by atoms with Crippen LogP contribution in [0.2, 0.25) is 5.02 Å². The molecule has 0 spiro atoms. The summed E-state index contributed by atoms with van der Waals surface area (Å²) in [4.78, 5) is 4.84. The molecular formula is C21H15ClN2O2S2. The van der Waals surface area contributed by atoms with Crippen molar-refractivity contribution in [2.75, 3.05) is 4.72 Å². The Labute approximate surface area is 172 Å². The number of aromatic nitrogens is 1. The lowest BCUT2D eigenvalue weighted by Gasteiger charge is -2.08. The van der Waals surface area contributed by atoms with Crippen LogP contribution in [0.5, 0.6) is 0 Å². The van der Waals surface area contributed by atoms with Crippen LogP contribution >= 0.6 is 22.9 Å². The molecule has 1 aromatic heterocycles. The van der Waals surface area contributed by atoms with Gasteiger partial charge in [-0.25, -0.2) is 13.4 Å². The molecule has 4 aromatic rings. The van der Waals surface area contributed by atoms with Crippen molar-refractivity contribution in [1.29, 1.82) is 0 Å². The first-order valence-corrected chi connectivity index (χ1v) is 11.2. The minimum atomic E-state index is -3.66. The molecule has 0 atom stereocenters. The van der Waals surface area contributed by atoms with Gasteiger partial charge in [-0.3, -0.25) is 4.72 Å². The normalized spacial score (nSPS) is 11.3. The summed E-state index contributed by atoms with van der Waals surface area (Å²) in [7, 11) is -3.66. The summed E-state index contributed by atoms with van der Waals surface area (Å²) < 4.78 is 27.5. The molecule has 3 aromatic carbocycles. The summed E-state index contributed by atoms with van der Waals surface area (Å²) in [5.41, 5.74) is 3.34. The number of halogens is 1. The van der Waals surface area contributed by atoms with Gasteiger partial charge in [0.2, 0.25) is 0 Å². The number of thiazole rings is 1. The molecule has 0 bridgehead atoms. The minimum absolute atomic E-state index is 0.160. The van der Waals surface area contributed by atoms with Crippen LogP contribution in [0.1, 0.15) is 0 Å². The van der Waals surface area contributed by atoms with Crippen LogP contribution in [0.25, 0.3) is 21.8 Å². The summed E-state index contributed by atoms with van der Waals surface area (Å²) in [6.07, 6.45) is 0. The van der Waals surface area contributed by atoms with Crippen LogP contribution in [0.4, 0.5) is 5.69 Å². The lowest BCUT2D eigenvalue weighted by atomic mass is 10.1. The fourth-order valence-corrected chi connectivity index (χ4v) is 4.68.